The van der Waals surface area contributed by atoms with Crippen molar-refractivity contribution in [1.82, 2.24) is 10.1 Å². The van der Waals surface area contributed by atoms with Gasteiger partial charge in [-0.25, -0.2) is 0 Å². The van der Waals surface area contributed by atoms with Crippen LogP contribution in [0.25, 0.3) is 22.8 Å². The normalized spacial score (nSPS) is 10.6. The first kappa shape index (κ1) is 29.1. The Balaban J connectivity index is 1.67. The van der Waals surface area contributed by atoms with E-state index in [0.29, 0.717) is 82.5 Å². The molecule has 1 amide bonds. The van der Waals surface area contributed by atoms with Gasteiger partial charge in [-0.05, 0) is 57.2 Å². The molecule has 0 aliphatic rings. The smallest absolute Gasteiger partial charge is 0.260 e. The monoisotopic (exact) mass is 563 g/mol. The molecule has 0 bridgehead atoms. The molecule has 0 aliphatic heterocycles. The van der Waals surface area contributed by atoms with Gasteiger partial charge in [0.2, 0.25) is 17.3 Å². The first-order valence-corrected chi connectivity index (χ1v) is 13.1. The minimum atomic E-state index is -0.383. The Morgan fingerprint density at radius 2 is 1.39 bits per heavy atom. The summed E-state index contributed by atoms with van der Waals surface area (Å²) in [5.41, 5.74) is 1.94. The fourth-order valence-electron chi connectivity index (χ4n) is 4.15. The number of nitrogens with one attached hydrogen (secondary N) is 1. The molecular weight excluding hydrogens is 530 g/mol. The number of aromatic nitrogens is 2. The summed E-state index contributed by atoms with van der Waals surface area (Å²) in [5, 5.41) is 7.08. The Kier molecular flexibility index (Phi) is 9.51. The fourth-order valence-corrected chi connectivity index (χ4v) is 4.15. The number of carbonyl (C=O) groups excluding carboxylic acids is 1. The van der Waals surface area contributed by atoms with E-state index < -0.39 is 0 Å². The van der Waals surface area contributed by atoms with Crippen molar-refractivity contribution >= 4 is 11.6 Å². The Morgan fingerprint density at radius 1 is 0.780 bits per heavy atom. The molecule has 4 aromatic rings. The van der Waals surface area contributed by atoms with Crippen LogP contribution in [0, 0.1) is 0 Å². The molecule has 0 spiro atoms. The topological polar surface area (TPSA) is 123 Å². The van der Waals surface area contributed by atoms with Gasteiger partial charge in [0.25, 0.3) is 11.8 Å². The molecule has 0 aliphatic carbocycles. The van der Waals surface area contributed by atoms with E-state index in [-0.39, 0.29) is 11.8 Å². The van der Waals surface area contributed by atoms with E-state index in [1.807, 2.05) is 26.8 Å². The molecule has 11 nitrogen and oxygen atoms in total. The zero-order chi connectivity index (χ0) is 29.4. The highest BCUT2D eigenvalue weighted by Crippen LogP contribution is 2.42. The molecule has 4 rings (SSSR count). The second-order valence-corrected chi connectivity index (χ2v) is 8.44. The molecule has 1 N–H and O–H groups in total. The third-order valence-corrected chi connectivity index (χ3v) is 5.93. The molecule has 0 saturated heterocycles. The summed E-state index contributed by atoms with van der Waals surface area (Å²) < 4.78 is 39.1. The lowest BCUT2D eigenvalue weighted by molar-refractivity contribution is 0.102. The van der Waals surface area contributed by atoms with Crippen LogP contribution in [-0.4, -0.2) is 57.2 Å². The van der Waals surface area contributed by atoms with Gasteiger partial charge in [-0.1, -0.05) is 17.3 Å². The zero-order valence-electron chi connectivity index (χ0n) is 23.9. The third-order valence-electron chi connectivity index (χ3n) is 5.93. The van der Waals surface area contributed by atoms with Crippen molar-refractivity contribution in [1.29, 1.82) is 0 Å². The van der Waals surface area contributed by atoms with Gasteiger partial charge in [0.1, 0.15) is 0 Å². The van der Waals surface area contributed by atoms with Gasteiger partial charge in [-0.2, -0.15) is 4.98 Å². The van der Waals surface area contributed by atoms with Crippen molar-refractivity contribution in [3.8, 4) is 57.3 Å². The molecule has 0 fully saturated rings. The lowest BCUT2D eigenvalue weighted by Gasteiger charge is -2.17. The second-order valence-electron chi connectivity index (χ2n) is 8.44. The van der Waals surface area contributed by atoms with Crippen LogP contribution in [0.4, 0.5) is 5.69 Å². The summed E-state index contributed by atoms with van der Waals surface area (Å²) >= 11 is 0. The number of carbonyl (C=O) groups is 1. The van der Waals surface area contributed by atoms with Crippen LogP contribution in [-0.2, 0) is 0 Å². The Bertz CT molecular complexity index is 1450. The number of anilines is 1. The van der Waals surface area contributed by atoms with Crippen molar-refractivity contribution in [2.45, 2.75) is 20.8 Å². The molecular formula is C30H33N3O8. The standard InChI is InChI=1S/C30H33N3O8/c1-7-38-24-16-19(17-25(39-8-2)27(24)40-9-3)29(34)31-21-13-11-10-12-20(21)30-32-28(33-41-30)18-14-22(35-4)26(37-6)23(15-18)36-5/h10-17H,7-9H2,1-6H3,(H,31,34). The van der Waals surface area contributed by atoms with Gasteiger partial charge in [-0.3, -0.25) is 4.79 Å². The van der Waals surface area contributed by atoms with E-state index in [2.05, 4.69) is 15.5 Å². The molecule has 0 unspecified atom stereocenters. The minimum absolute atomic E-state index is 0.210. The van der Waals surface area contributed by atoms with Crippen LogP contribution in [0.1, 0.15) is 31.1 Å². The predicted octanol–water partition coefficient (Wildman–Crippen LogP) is 5.88. The molecule has 3 aromatic carbocycles. The summed E-state index contributed by atoms with van der Waals surface area (Å²) in [5.74, 6) is 2.78. The lowest BCUT2D eigenvalue weighted by Crippen LogP contribution is -2.14. The van der Waals surface area contributed by atoms with Crippen LogP contribution >= 0.6 is 0 Å². The number of para-hydroxylation sites is 1. The summed E-state index contributed by atoms with van der Waals surface area (Å²) in [4.78, 5) is 18.0. The lowest BCUT2D eigenvalue weighted by atomic mass is 10.1. The van der Waals surface area contributed by atoms with Gasteiger partial charge in [0, 0.05) is 11.1 Å². The zero-order valence-corrected chi connectivity index (χ0v) is 23.9. The minimum Gasteiger partial charge on any atom is -0.493 e. The summed E-state index contributed by atoms with van der Waals surface area (Å²) in [7, 11) is 4.59. The number of hydrogen-bond donors (Lipinski definition) is 1. The van der Waals surface area contributed by atoms with Crippen molar-refractivity contribution < 1.29 is 37.7 Å². The number of rotatable bonds is 13. The van der Waals surface area contributed by atoms with E-state index in [9.17, 15) is 4.79 Å². The molecule has 0 radical (unpaired) electrons. The number of benzene rings is 3. The molecule has 41 heavy (non-hydrogen) atoms. The summed E-state index contributed by atoms with van der Waals surface area (Å²) in [6, 6.07) is 13.8. The molecule has 1 aromatic heterocycles. The van der Waals surface area contributed by atoms with E-state index in [1.165, 1.54) is 21.3 Å². The van der Waals surface area contributed by atoms with Crippen molar-refractivity contribution in [2.24, 2.45) is 0 Å². The van der Waals surface area contributed by atoms with E-state index in [0.717, 1.165) is 0 Å². The highest BCUT2D eigenvalue weighted by atomic mass is 16.5. The molecule has 11 heteroatoms. The van der Waals surface area contributed by atoms with E-state index in [4.69, 9.17) is 32.9 Å². The number of amides is 1. The number of methoxy groups -OCH3 is 3. The second kappa shape index (κ2) is 13.4. The predicted molar refractivity (Wildman–Crippen MR) is 153 cm³/mol. The highest BCUT2D eigenvalue weighted by Gasteiger charge is 2.22. The largest absolute Gasteiger partial charge is 0.493 e. The maximum Gasteiger partial charge on any atom is 0.260 e. The molecule has 1 heterocycles. The van der Waals surface area contributed by atoms with Gasteiger partial charge in [0.05, 0.1) is 52.4 Å². The number of nitrogens with zero attached hydrogens (tertiary/aromatic N) is 2. The van der Waals surface area contributed by atoms with E-state index in [1.54, 1.807) is 42.5 Å². The van der Waals surface area contributed by atoms with Crippen molar-refractivity contribution in [2.75, 3.05) is 46.5 Å². The number of ether oxygens (including phenoxy) is 6. The van der Waals surface area contributed by atoms with Gasteiger partial charge in [-0.15, -0.1) is 0 Å². The van der Waals surface area contributed by atoms with Crippen LogP contribution in [0.3, 0.4) is 0 Å². The van der Waals surface area contributed by atoms with Crippen molar-refractivity contribution in [3.05, 3.63) is 54.1 Å². The quantitative estimate of drug-likeness (QED) is 0.211. The number of hydrogen-bond acceptors (Lipinski definition) is 10. The van der Waals surface area contributed by atoms with Gasteiger partial charge >= 0.3 is 0 Å². The van der Waals surface area contributed by atoms with E-state index >= 15 is 0 Å². The maximum absolute atomic E-state index is 13.4. The van der Waals surface area contributed by atoms with Crippen molar-refractivity contribution in [3.63, 3.8) is 0 Å². The SMILES string of the molecule is CCOc1cc(C(=O)Nc2ccccc2-c2nc(-c3cc(OC)c(OC)c(OC)c3)no2)cc(OCC)c1OCC. The maximum atomic E-state index is 13.4. The van der Waals surface area contributed by atoms with Crippen LogP contribution in [0.5, 0.6) is 34.5 Å². The third kappa shape index (κ3) is 6.29. The molecule has 0 saturated carbocycles. The summed E-state index contributed by atoms with van der Waals surface area (Å²) in [6.07, 6.45) is 0. The molecule has 0 atom stereocenters. The average molecular weight is 564 g/mol. The Labute approximate surface area is 238 Å². The molecule has 216 valence electrons. The summed E-state index contributed by atoms with van der Waals surface area (Å²) in [6.45, 7) is 6.79. The Morgan fingerprint density at radius 3 is 1.95 bits per heavy atom. The van der Waals surface area contributed by atoms with Gasteiger partial charge < -0.3 is 38.3 Å². The Hall–Kier alpha value is -4.93. The highest BCUT2D eigenvalue weighted by molar-refractivity contribution is 6.06. The van der Waals surface area contributed by atoms with Crippen LogP contribution in [0.2, 0.25) is 0 Å². The average Bonchev–Trinajstić information content (AvgIpc) is 3.48. The van der Waals surface area contributed by atoms with Crippen LogP contribution in [0.15, 0.2) is 53.1 Å². The first-order chi connectivity index (χ1) is 20.0. The van der Waals surface area contributed by atoms with Gasteiger partial charge in [0.15, 0.2) is 23.0 Å². The first-order valence-electron chi connectivity index (χ1n) is 13.1. The fraction of sp³-hybridized carbons (Fsp3) is 0.300. The van der Waals surface area contributed by atoms with Crippen LogP contribution < -0.4 is 33.7 Å².